The summed E-state index contributed by atoms with van der Waals surface area (Å²) in [6, 6.07) is -1.14. The zero-order valence-electron chi connectivity index (χ0n) is 11.3. The summed E-state index contributed by atoms with van der Waals surface area (Å²) in [5, 5.41) is 12.8. The molecular formula is C10H15N3O6S2. The molecule has 0 radical (unpaired) electrons. The van der Waals surface area contributed by atoms with Crippen LogP contribution >= 0.6 is 11.3 Å². The lowest BCUT2D eigenvalue weighted by atomic mass is 10.2. The minimum atomic E-state index is -3.43. The number of carboxylic acid groups (broad SMARTS) is 1. The molecule has 0 saturated carbocycles. The van der Waals surface area contributed by atoms with Gasteiger partial charge in [0.25, 0.3) is 0 Å². The standard InChI is InChI=1S/C10H15N3O6S2/c1-19-4-7(9(15)16)12-8(14)3-6-5-20-10(11-6)13-21(2,17)18/h5,7H,3-4H2,1-2H3,(H,11,13)(H,12,14)(H,15,16). The van der Waals surface area contributed by atoms with Gasteiger partial charge in [-0.05, 0) is 0 Å². The molecule has 1 aromatic heterocycles. The molecule has 1 atom stereocenters. The Morgan fingerprint density at radius 1 is 1.52 bits per heavy atom. The number of aromatic nitrogens is 1. The first kappa shape index (κ1) is 17.3. The number of carbonyl (C=O) groups is 2. The number of thiazole rings is 1. The number of carboxylic acids is 1. The molecule has 0 saturated heterocycles. The second-order valence-electron chi connectivity index (χ2n) is 4.11. The molecule has 0 spiro atoms. The van der Waals surface area contributed by atoms with Gasteiger partial charge < -0.3 is 15.2 Å². The van der Waals surface area contributed by atoms with Crippen molar-refractivity contribution in [3.8, 4) is 0 Å². The lowest BCUT2D eigenvalue weighted by molar-refractivity contribution is -0.143. The lowest BCUT2D eigenvalue weighted by Crippen LogP contribution is -2.44. The normalized spacial score (nSPS) is 12.7. The summed E-state index contributed by atoms with van der Waals surface area (Å²) in [6.45, 7) is -0.154. The highest BCUT2D eigenvalue weighted by molar-refractivity contribution is 7.92. The molecule has 0 aliphatic heterocycles. The molecule has 0 fully saturated rings. The van der Waals surface area contributed by atoms with E-state index in [1.54, 1.807) is 0 Å². The molecule has 1 aromatic rings. The van der Waals surface area contributed by atoms with Gasteiger partial charge in [0.05, 0.1) is 25.0 Å². The van der Waals surface area contributed by atoms with Gasteiger partial charge in [-0.1, -0.05) is 0 Å². The molecule has 0 bridgehead atoms. The topological polar surface area (TPSA) is 135 Å². The highest BCUT2D eigenvalue weighted by Crippen LogP contribution is 2.16. The van der Waals surface area contributed by atoms with E-state index in [9.17, 15) is 18.0 Å². The Morgan fingerprint density at radius 2 is 2.19 bits per heavy atom. The maximum Gasteiger partial charge on any atom is 0.328 e. The van der Waals surface area contributed by atoms with Crippen LogP contribution in [0.3, 0.4) is 0 Å². The molecule has 0 aliphatic rings. The monoisotopic (exact) mass is 337 g/mol. The number of hydrogen-bond donors (Lipinski definition) is 3. The quantitative estimate of drug-likeness (QED) is 0.569. The van der Waals surface area contributed by atoms with E-state index >= 15 is 0 Å². The maximum atomic E-state index is 11.7. The first-order valence-electron chi connectivity index (χ1n) is 5.64. The zero-order chi connectivity index (χ0) is 16.0. The lowest BCUT2D eigenvalue weighted by Gasteiger charge is -2.12. The second-order valence-corrected chi connectivity index (χ2v) is 6.72. The number of aliphatic carboxylic acids is 1. The van der Waals surface area contributed by atoms with Crippen molar-refractivity contribution >= 4 is 38.4 Å². The van der Waals surface area contributed by atoms with Crippen LogP contribution in [-0.4, -0.2) is 56.4 Å². The second kappa shape index (κ2) is 7.33. The van der Waals surface area contributed by atoms with Crippen LogP contribution in [0.15, 0.2) is 5.38 Å². The van der Waals surface area contributed by atoms with Crippen molar-refractivity contribution in [2.75, 3.05) is 24.7 Å². The minimum Gasteiger partial charge on any atom is -0.480 e. The van der Waals surface area contributed by atoms with Gasteiger partial charge >= 0.3 is 5.97 Å². The minimum absolute atomic E-state index is 0.145. The summed E-state index contributed by atoms with van der Waals surface area (Å²) in [6.07, 6.45) is 0.832. The molecule has 11 heteroatoms. The van der Waals surface area contributed by atoms with Crippen LogP contribution in [0.4, 0.5) is 5.13 Å². The van der Waals surface area contributed by atoms with E-state index in [0.717, 1.165) is 17.6 Å². The first-order valence-corrected chi connectivity index (χ1v) is 8.41. The summed E-state index contributed by atoms with van der Waals surface area (Å²) in [5.74, 6) is -1.75. The van der Waals surface area contributed by atoms with Crippen LogP contribution < -0.4 is 10.0 Å². The Balaban J connectivity index is 2.60. The highest BCUT2D eigenvalue weighted by Gasteiger charge is 2.20. The van der Waals surface area contributed by atoms with Gasteiger partial charge in [0.15, 0.2) is 11.2 Å². The highest BCUT2D eigenvalue weighted by atomic mass is 32.2. The van der Waals surface area contributed by atoms with Gasteiger partial charge in [0, 0.05) is 12.5 Å². The van der Waals surface area contributed by atoms with Crippen molar-refractivity contribution in [2.24, 2.45) is 0 Å². The third kappa shape index (κ3) is 6.51. The molecule has 1 unspecified atom stereocenters. The number of ether oxygens (including phenoxy) is 1. The van der Waals surface area contributed by atoms with E-state index in [1.807, 2.05) is 0 Å². The number of hydrogen-bond acceptors (Lipinski definition) is 7. The average molecular weight is 337 g/mol. The molecule has 118 valence electrons. The van der Waals surface area contributed by atoms with Crippen molar-refractivity contribution in [1.82, 2.24) is 10.3 Å². The van der Waals surface area contributed by atoms with Crippen LogP contribution in [0, 0.1) is 0 Å². The van der Waals surface area contributed by atoms with Crippen molar-refractivity contribution in [3.05, 3.63) is 11.1 Å². The first-order chi connectivity index (χ1) is 9.71. The number of nitrogens with zero attached hydrogens (tertiary/aromatic N) is 1. The van der Waals surface area contributed by atoms with Crippen molar-refractivity contribution < 1.29 is 27.9 Å². The number of methoxy groups -OCH3 is 1. The number of carbonyl (C=O) groups excluding carboxylic acids is 1. The molecule has 9 nitrogen and oxygen atoms in total. The van der Waals surface area contributed by atoms with Crippen LogP contribution in [-0.2, 0) is 30.8 Å². The molecule has 21 heavy (non-hydrogen) atoms. The van der Waals surface area contributed by atoms with Crippen molar-refractivity contribution in [3.63, 3.8) is 0 Å². The van der Waals surface area contributed by atoms with Gasteiger partial charge in [-0.3, -0.25) is 9.52 Å². The predicted octanol–water partition coefficient (Wildman–Crippen LogP) is -0.727. The number of amides is 1. The van der Waals surface area contributed by atoms with E-state index in [-0.39, 0.29) is 18.2 Å². The van der Waals surface area contributed by atoms with E-state index in [1.165, 1.54) is 12.5 Å². The van der Waals surface area contributed by atoms with E-state index < -0.39 is 27.9 Å². The smallest absolute Gasteiger partial charge is 0.328 e. The number of sulfonamides is 1. The van der Waals surface area contributed by atoms with E-state index in [0.29, 0.717) is 5.69 Å². The van der Waals surface area contributed by atoms with Crippen LogP contribution in [0.5, 0.6) is 0 Å². The number of rotatable bonds is 8. The molecule has 0 aromatic carbocycles. The fourth-order valence-electron chi connectivity index (χ4n) is 1.34. The van der Waals surface area contributed by atoms with E-state index in [4.69, 9.17) is 5.11 Å². The Kier molecular flexibility index (Phi) is 6.05. The molecular weight excluding hydrogens is 322 g/mol. The largest absolute Gasteiger partial charge is 0.480 e. The van der Waals surface area contributed by atoms with E-state index in [2.05, 4.69) is 19.8 Å². The molecule has 1 rings (SSSR count). The number of nitrogens with one attached hydrogen (secondary N) is 2. The van der Waals surface area contributed by atoms with Crippen molar-refractivity contribution in [2.45, 2.75) is 12.5 Å². The summed E-state index contributed by atoms with van der Waals surface area (Å²) in [5.41, 5.74) is 0.338. The summed E-state index contributed by atoms with van der Waals surface area (Å²) < 4.78 is 28.9. The molecule has 1 heterocycles. The van der Waals surface area contributed by atoms with Gasteiger partial charge in [-0.2, -0.15) is 0 Å². The predicted molar refractivity (Wildman–Crippen MR) is 75.7 cm³/mol. The molecule has 0 aliphatic carbocycles. The summed E-state index contributed by atoms with van der Waals surface area (Å²) in [4.78, 5) is 26.5. The zero-order valence-corrected chi connectivity index (χ0v) is 13.0. The summed E-state index contributed by atoms with van der Waals surface area (Å²) in [7, 11) is -2.10. The van der Waals surface area contributed by atoms with Crippen LogP contribution in [0.2, 0.25) is 0 Å². The van der Waals surface area contributed by atoms with Gasteiger partial charge in [-0.15, -0.1) is 11.3 Å². The molecule has 1 amide bonds. The fourth-order valence-corrected chi connectivity index (χ4v) is 2.91. The Labute approximate surface area is 125 Å². The average Bonchev–Trinajstić information content (AvgIpc) is 2.73. The van der Waals surface area contributed by atoms with Crippen LogP contribution in [0.25, 0.3) is 0 Å². The Bertz CT molecular complexity index is 612. The molecule has 3 N–H and O–H groups in total. The third-order valence-electron chi connectivity index (χ3n) is 2.13. The van der Waals surface area contributed by atoms with Gasteiger partial charge in [0.1, 0.15) is 0 Å². The van der Waals surface area contributed by atoms with Gasteiger partial charge in [0.2, 0.25) is 15.9 Å². The third-order valence-corrected chi connectivity index (χ3v) is 3.63. The maximum absolute atomic E-state index is 11.7. The Morgan fingerprint density at radius 3 is 2.71 bits per heavy atom. The van der Waals surface area contributed by atoms with Crippen LogP contribution in [0.1, 0.15) is 5.69 Å². The SMILES string of the molecule is COCC(NC(=O)Cc1csc(NS(C)(=O)=O)n1)C(=O)O. The van der Waals surface area contributed by atoms with Crippen molar-refractivity contribution in [1.29, 1.82) is 0 Å². The number of anilines is 1. The fraction of sp³-hybridized carbons (Fsp3) is 0.500. The Hall–Kier alpha value is -1.72. The van der Waals surface area contributed by atoms with Gasteiger partial charge in [-0.25, -0.2) is 18.2 Å². The summed E-state index contributed by atoms with van der Waals surface area (Å²) >= 11 is 1.03.